The summed E-state index contributed by atoms with van der Waals surface area (Å²) in [7, 11) is 0. The summed E-state index contributed by atoms with van der Waals surface area (Å²) in [5.41, 5.74) is 2.27. The van der Waals surface area contributed by atoms with E-state index in [1.165, 1.54) is 12.1 Å². The van der Waals surface area contributed by atoms with Gasteiger partial charge in [-0.3, -0.25) is 4.79 Å². The highest BCUT2D eigenvalue weighted by atomic mass is 19.4. The molecule has 1 aliphatic carbocycles. The number of hydrogen-bond acceptors (Lipinski definition) is 2. The number of alkyl halides is 3. The number of carbonyl (C=O) groups excluding carboxylic acids is 1. The smallest absolute Gasteiger partial charge is 0.416 e. The third kappa shape index (κ3) is 3.98. The van der Waals surface area contributed by atoms with Crippen LogP contribution in [0.1, 0.15) is 50.3 Å². The van der Waals surface area contributed by atoms with Crippen molar-refractivity contribution in [2.75, 3.05) is 0 Å². The normalized spacial score (nSPS) is 17.1. The van der Waals surface area contributed by atoms with E-state index in [0.717, 1.165) is 17.7 Å². The molecule has 28 heavy (non-hydrogen) atoms. The van der Waals surface area contributed by atoms with E-state index in [1.807, 2.05) is 32.9 Å². The van der Waals surface area contributed by atoms with E-state index in [-0.39, 0.29) is 17.0 Å². The molecule has 0 saturated carbocycles. The molecule has 0 aliphatic heterocycles. The Hall–Kier alpha value is -2.56. The van der Waals surface area contributed by atoms with Crippen LogP contribution in [-0.4, -0.2) is 10.9 Å². The number of aliphatic hydroxyl groups is 1. The summed E-state index contributed by atoms with van der Waals surface area (Å²) in [5, 5.41) is 10.6. The second-order valence-corrected chi connectivity index (χ2v) is 8.06. The van der Waals surface area contributed by atoms with Gasteiger partial charge in [-0.25, -0.2) is 0 Å². The number of rotatable bonds is 3. The lowest BCUT2D eigenvalue weighted by atomic mass is 9.74. The van der Waals surface area contributed by atoms with Gasteiger partial charge in [0.2, 0.25) is 0 Å². The third-order valence-electron chi connectivity index (χ3n) is 5.16. The maximum atomic E-state index is 12.8. The van der Waals surface area contributed by atoms with Gasteiger partial charge in [0, 0.05) is 12.8 Å². The van der Waals surface area contributed by atoms with E-state index < -0.39 is 11.7 Å². The number of Topliss-reactive ketones (excluding diaryl/α,β-unsaturated/α-hetero) is 1. The molecule has 1 N–H and O–H groups in total. The Balaban J connectivity index is 2.08. The Morgan fingerprint density at radius 2 is 1.61 bits per heavy atom. The molecule has 0 fully saturated rings. The summed E-state index contributed by atoms with van der Waals surface area (Å²) in [6, 6.07) is 10.4. The number of hydrogen-bond donors (Lipinski definition) is 1. The number of allylic oxidation sites excluding steroid dienone is 2. The zero-order valence-electron chi connectivity index (χ0n) is 16.2. The van der Waals surface area contributed by atoms with Crippen LogP contribution in [0.15, 0.2) is 48.2 Å². The fourth-order valence-electron chi connectivity index (χ4n) is 3.74. The van der Waals surface area contributed by atoms with Crippen LogP contribution in [0.2, 0.25) is 0 Å². The van der Waals surface area contributed by atoms with Crippen LogP contribution in [0.4, 0.5) is 13.2 Å². The minimum absolute atomic E-state index is 0.0838. The summed E-state index contributed by atoms with van der Waals surface area (Å²) in [6.07, 6.45) is -2.94. The number of aryl methyl sites for hydroxylation is 1. The minimum Gasteiger partial charge on any atom is -0.512 e. The summed E-state index contributed by atoms with van der Waals surface area (Å²) >= 11 is 0. The Morgan fingerprint density at radius 3 is 2.14 bits per heavy atom. The number of aliphatic hydroxyl groups excluding tert-OH is 1. The van der Waals surface area contributed by atoms with E-state index in [2.05, 4.69) is 0 Å². The fraction of sp³-hybridized carbons (Fsp3) is 0.348. The van der Waals surface area contributed by atoms with Crippen molar-refractivity contribution in [3.8, 4) is 11.1 Å². The topological polar surface area (TPSA) is 37.3 Å². The number of halogens is 3. The monoisotopic (exact) mass is 388 g/mol. The first-order chi connectivity index (χ1) is 13.0. The van der Waals surface area contributed by atoms with Gasteiger partial charge in [-0.05, 0) is 52.3 Å². The average Bonchev–Trinajstić information content (AvgIpc) is 2.59. The summed E-state index contributed by atoms with van der Waals surface area (Å²) in [6.45, 7) is 5.85. The van der Waals surface area contributed by atoms with Crippen molar-refractivity contribution in [2.24, 2.45) is 5.41 Å². The molecule has 3 rings (SSSR count). The Labute approximate surface area is 162 Å². The van der Waals surface area contributed by atoms with Gasteiger partial charge < -0.3 is 5.11 Å². The summed E-state index contributed by atoms with van der Waals surface area (Å²) in [4.78, 5) is 12.7. The van der Waals surface area contributed by atoms with Gasteiger partial charge in [-0.2, -0.15) is 13.2 Å². The molecular formula is C23H23F3O2. The predicted molar refractivity (Wildman–Crippen MR) is 104 cm³/mol. The second kappa shape index (κ2) is 7.12. The van der Waals surface area contributed by atoms with Crippen molar-refractivity contribution in [3.63, 3.8) is 0 Å². The molecular weight excluding hydrogens is 365 g/mol. The maximum Gasteiger partial charge on any atom is 0.416 e. The lowest BCUT2D eigenvalue weighted by Gasteiger charge is -2.30. The van der Waals surface area contributed by atoms with E-state index >= 15 is 0 Å². The third-order valence-corrected chi connectivity index (χ3v) is 5.16. The first-order valence-corrected chi connectivity index (χ1v) is 9.28. The van der Waals surface area contributed by atoms with E-state index in [9.17, 15) is 23.1 Å². The van der Waals surface area contributed by atoms with Gasteiger partial charge in [0.1, 0.15) is 5.76 Å². The van der Waals surface area contributed by atoms with Crippen molar-refractivity contribution in [2.45, 2.75) is 46.2 Å². The molecule has 0 heterocycles. The molecule has 0 aromatic heterocycles. The molecule has 0 bridgehead atoms. The van der Waals surface area contributed by atoms with E-state index in [0.29, 0.717) is 41.5 Å². The van der Waals surface area contributed by atoms with E-state index in [1.54, 1.807) is 6.07 Å². The van der Waals surface area contributed by atoms with Crippen molar-refractivity contribution in [1.82, 2.24) is 0 Å². The van der Waals surface area contributed by atoms with Gasteiger partial charge >= 0.3 is 6.18 Å². The largest absolute Gasteiger partial charge is 0.512 e. The molecule has 2 aromatic rings. The van der Waals surface area contributed by atoms with Crippen LogP contribution < -0.4 is 0 Å². The van der Waals surface area contributed by atoms with Crippen LogP contribution in [0.3, 0.4) is 0 Å². The quantitative estimate of drug-likeness (QED) is 0.644. The van der Waals surface area contributed by atoms with E-state index in [4.69, 9.17) is 0 Å². The predicted octanol–water partition coefficient (Wildman–Crippen LogP) is 6.59. The average molecular weight is 388 g/mol. The lowest BCUT2D eigenvalue weighted by molar-refractivity contribution is -0.137. The summed E-state index contributed by atoms with van der Waals surface area (Å²) in [5.74, 6) is -0.0199. The fourth-order valence-corrected chi connectivity index (χ4v) is 3.74. The zero-order chi connectivity index (χ0) is 20.7. The van der Waals surface area contributed by atoms with Crippen LogP contribution >= 0.6 is 0 Å². The first kappa shape index (κ1) is 20.2. The SMILES string of the molecule is CCc1ccc(-c2ccc(C(F)(F)F)cc2)cc1C1=C(O)CC(C)(C)CC1=O. The van der Waals surface area contributed by atoms with Gasteiger partial charge in [0.05, 0.1) is 11.1 Å². The van der Waals surface area contributed by atoms with Crippen LogP contribution in [0, 0.1) is 5.41 Å². The van der Waals surface area contributed by atoms with Crippen molar-refractivity contribution >= 4 is 11.4 Å². The zero-order valence-corrected chi connectivity index (χ0v) is 16.2. The maximum absolute atomic E-state index is 12.8. The molecule has 2 nitrogen and oxygen atoms in total. The molecule has 0 unspecified atom stereocenters. The van der Waals surface area contributed by atoms with Crippen LogP contribution in [0.25, 0.3) is 16.7 Å². The second-order valence-electron chi connectivity index (χ2n) is 8.06. The Morgan fingerprint density at radius 1 is 1.00 bits per heavy atom. The first-order valence-electron chi connectivity index (χ1n) is 9.28. The Bertz CT molecular complexity index is 935. The van der Waals surface area contributed by atoms with Crippen molar-refractivity contribution in [3.05, 3.63) is 64.9 Å². The minimum atomic E-state index is -4.38. The molecule has 148 valence electrons. The number of carbonyl (C=O) groups is 1. The molecule has 0 atom stereocenters. The molecule has 5 heteroatoms. The molecule has 1 aliphatic rings. The number of benzene rings is 2. The highest BCUT2D eigenvalue weighted by Crippen LogP contribution is 2.41. The van der Waals surface area contributed by atoms with Crippen LogP contribution in [-0.2, 0) is 17.4 Å². The van der Waals surface area contributed by atoms with Gasteiger partial charge in [-0.15, -0.1) is 0 Å². The highest BCUT2D eigenvalue weighted by Gasteiger charge is 2.34. The van der Waals surface area contributed by atoms with Gasteiger partial charge in [0.15, 0.2) is 5.78 Å². The molecule has 0 amide bonds. The van der Waals surface area contributed by atoms with Crippen LogP contribution in [0.5, 0.6) is 0 Å². The lowest BCUT2D eigenvalue weighted by Crippen LogP contribution is -2.25. The van der Waals surface area contributed by atoms with Gasteiger partial charge in [-0.1, -0.05) is 45.0 Å². The molecule has 0 spiro atoms. The van der Waals surface area contributed by atoms with Crippen molar-refractivity contribution in [1.29, 1.82) is 0 Å². The Kier molecular flexibility index (Phi) is 5.13. The molecule has 0 saturated heterocycles. The van der Waals surface area contributed by atoms with Gasteiger partial charge in [0.25, 0.3) is 0 Å². The number of ketones is 1. The standard InChI is InChI=1S/C23H23F3O2/c1-4-14-5-6-16(15-7-9-17(10-8-15)23(24,25)26)11-18(14)21-19(27)12-22(2,3)13-20(21)28/h5-11,27H,4,12-13H2,1-3H3. The van der Waals surface area contributed by atoms with Crippen molar-refractivity contribution < 1.29 is 23.1 Å². The molecule has 2 aromatic carbocycles. The molecule has 0 radical (unpaired) electrons. The highest BCUT2D eigenvalue weighted by molar-refractivity contribution is 6.22. The summed E-state index contributed by atoms with van der Waals surface area (Å²) < 4.78 is 38.4.